The van der Waals surface area contributed by atoms with Crippen LogP contribution in [0.4, 0.5) is 5.00 Å². The van der Waals surface area contributed by atoms with Gasteiger partial charge in [0, 0.05) is 17.4 Å². The monoisotopic (exact) mass is 455 g/mol. The third-order valence-corrected chi connectivity index (χ3v) is 6.28. The lowest BCUT2D eigenvalue weighted by molar-refractivity contribution is -0.124. The molecule has 9 heteroatoms. The number of nitrogens with zero attached hydrogens (tertiary/aromatic N) is 2. The summed E-state index contributed by atoms with van der Waals surface area (Å²) >= 11 is 1.18. The highest BCUT2D eigenvalue weighted by atomic mass is 32.1. The van der Waals surface area contributed by atoms with Crippen LogP contribution in [0.25, 0.3) is 16.5 Å². The van der Waals surface area contributed by atoms with Crippen molar-refractivity contribution in [2.24, 2.45) is 0 Å². The second kappa shape index (κ2) is 9.22. The average molecular weight is 456 g/mol. The maximum Gasteiger partial charge on any atom is 0.359 e. The lowest BCUT2D eigenvalue weighted by Gasteiger charge is -2.12. The first-order valence-corrected chi connectivity index (χ1v) is 11.5. The van der Waals surface area contributed by atoms with Gasteiger partial charge in [-0.15, -0.1) is 11.3 Å². The molecular weight excluding hydrogens is 430 g/mol. The summed E-state index contributed by atoms with van der Waals surface area (Å²) < 4.78 is 11.8. The number of hydrogen-bond donors (Lipinski definition) is 1. The van der Waals surface area contributed by atoms with E-state index in [9.17, 15) is 14.4 Å². The number of benzene rings is 1. The quantitative estimate of drug-likeness (QED) is 0.567. The summed E-state index contributed by atoms with van der Waals surface area (Å²) in [6.45, 7) is 6.59. The van der Waals surface area contributed by atoms with Crippen molar-refractivity contribution in [3.63, 3.8) is 0 Å². The molecule has 1 fully saturated rings. The summed E-state index contributed by atoms with van der Waals surface area (Å²) in [6, 6.07) is 7.44. The Kier molecular flexibility index (Phi) is 6.38. The number of anilines is 1. The first kappa shape index (κ1) is 22.2. The largest absolute Gasteiger partial charge is 0.461 e. The predicted molar refractivity (Wildman–Crippen MR) is 123 cm³/mol. The zero-order valence-corrected chi connectivity index (χ0v) is 19.0. The Bertz CT molecular complexity index is 1210. The number of aromatic nitrogens is 2. The van der Waals surface area contributed by atoms with Crippen LogP contribution in [0.2, 0.25) is 0 Å². The fourth-order valence-corrected chi connectivity index (χ4v) is 4.58. The van der Waals surface area contributed by atoms with Crippen molar-refractivity contribution in [2.75, 3.05) is 18.5 Å². The van der Waals surface area contributed by atoms with Crippen LogP contribution in [0.1, 0.15) is 55.6 Å². The van der Waals surface area contributed by atoms with Gasteiger partial charge in [0.25, 0.3) is 11.5 Å². The Labute approximate surface area is 189 Å². The number of nitrogens with one attached hydrogen (secondary N) is 1. The van der Waals surface area contributed by atoms with E-state index in [0.717, 1.165) is 12.0 Å². The van der Waals surface area contributed by atoms with E-state index in [-0.39, 0.29) is 23.6 Å². The highest BCUT2D eigenvalue weighted by Gasteiger charge is 2.27. The van der Waals surface area contributed by atoms with Gasteiger partial charge in [-0.3, -0.25) is 9.59 Å². The van der Waals surface area contributed by atoms with Crippen molar-refractivity contribution in [3.05, 3.63) is 51.3 Å². The molecule has 1 atom stereocenters. The van der Waals surface area contributed by atoms with Crippen molar-refractivity contribution in [2.45, 2.75) is 45.6 Å². The summed E-state index contributed by atoms with van der Waals surface area (Å²) in [4.78, 5) is 38.7. The van der Waals surface area contributed by atoms with Crippen LogP contribution in [0, 0.1) is 0 Å². The van der Waals surface area contributed by atoms with Gasteiger partial charge in [-0.1, -0.05) is 26.0 Å². The summed E-state index contributed by atoms with van der Waals surface area (Å²) in [7, 11) is 0. The maximum absolute atomic E-state index is 13.4. The number of esters is 1. The van der Waals surface area contributed by atoms with Gasteiger partial charge in [0.15, 0.2) is 5.69 Å². The molecule has 1 unspecified atom stereocenters. The number of rotatable bonds is 6. The van der Waals surface area contributed by atoms with E-state index in [4.69, 9.17) is 9.47 Å². The number of ether oxygens (including phenoxy) is 2. The molecule has 1 saturated heterocycles. The minimum atomic E-state index is -0.625. The number of carbonyl (C=O) groups is 2. The summed E-state index contributed by atoms with van der Waals surface area (Å²) in [5.41, 5.74) is 1.25. The first-order valence-electron chi connectivity index (χ1n) is 10.6. The van der Waals surface area contributed by atoms with Crippen LogP contribution in [0.3, 0.4) is 0 Å². The smallest absolute Gasteiger partial charge is 0.359 e. The second-order valence-corrected chi connectivity index (χ2v) is 8.76. The number of fused-ring (bicyclic) bond motifs is 1. The average Bonchev–Trinajstić information content (AvgIpc) is 3.45. The molecule has 1 N–H and O–H groups in total. The van der Waals surface area contributed by atoms with Crippen molar-refractivity contribution < 1.29 is 19.1 Å². The lowest BCUT2D eigenvalue weighted by Crippen LogP contribution is -2.28. The van der Waals surface area contributed by atoms with E-state index < -0.39 is 17.6 Å². The summed E-state index contributed by atoms with van der Waals surface area (Å²) in [6.07, 6.45) is 0.917. The molecule has 3 aromatic rings. The molecule has 0 spiro atoms. The topological polar surface area (TPSA) is 99.5 Å². The summed E-state index contributed by atoms with van der Waals surface area (Å²) in [5, 5.41) is 9.74. The van der Waals surface area contributed by atoms with Gasteiger partial charge in [0.1, 0.15) is 11.1 Å². The first-order chi connectivity index (χ1) is 15.4. The van der Waals surface area contributed by atoms with E-state index in [1.807, 2.05) is 12.1 Å². The lowest BCUT2D eigenvalue weighted by atomic mass is 10.0. The molecule has 4 rings (SSSR count). The van der Waals surface area contributed by atoms with Crippen LogP contribution < -0.4 is 10.9 Å². The van der Waals surface area contributed by atoms with Gasteiger partial charge in [-0.25, -0.2) is 4.79 Å². The minimum Gasteiger partial charge on any atom is -0.461 e. The molecule has 32 heavy (non-hydrogen) atoms. The minimum absolute atomic E-state index is 0.0308. The third kappa shape index (κ3) is 4.18. The maximum atomic E-state index is 13.4. The van der Waals surface area contributed by atoms with E-state index in [1.54, 1.807) is 24.4 Å². The highest BCUT2D eigenvalue weighted by Crippen LogP contribution is 2.31. The van der Waals surface area contributed by atoms with Crippen LogP contribution >= 0.6 is 11.3 Å². The Morgan fingerprint density at radius 2 is 2.06 bits per heavy atom. The molecule has 168 valence electrons. The SMILES string of the molecule is CCOC(=O)c1nn(-c2ccc(C(C)C)cc2)c(=O)c2c(NC(=O)C3CCCO3)scc12. The van der Waals surface area contributed by atoms with E-state index in [1.165, 1.54) is 16.0 Å². The Morgan fingerprint density at radius 1 is 1.31 bits per heavy atom. The molecule has 0 saturated carbocycles. The summed E-state index contributed by atoms with van der Waals surface area (Å²) in [5.74, 6) is -0.587. The van der Waals surface area contributed by atoms with Crippen molar-refractivity contribution in [1.82, 2.24) is 9.78 Å². The van der Waals surface area contributed by atoms with Gasteiger partial charge in [-0.2, -0.15) is 9.78 Å². The third-order valence-electron chi connectivity index (χ3n) is 5.38. The zero-order chi connectivity index (χ0) is 22.8. The normalized spacial score (nSPS) is 15.9. The predicted octanol–water partition coefficient (Wildman–Crippen LogP) is 3.86. The van der Waals surface area contributed by atoms with Crippen LogP contribution in [0.15, 0.2) is 34.4 Å². The van der Waals surface area contributed by atoms with Gasteiger partial charge in [-0.05, 0) is 43.4 Å². The second-order valence-electron chi connectivity index (χ2n) is 7.88. The molecule has 2 aromatic heterocycles. The van der Waals surface area contributed by atoms with Gasteiger partial charge in [0.05, 0.1) is 17.7 Å². The number of thiophene rings is 1. The van der Waals surface area contributed by atoms with Crippen LogP contribution in [0.5, 0.6) is 0 Å². The number of hydrogen-bond acceptors (Lipinski definition) is 7. The van der Waals surface area contributed by atoms with Crippen LogP contribution in [-0.2, 0) is 14.3 Å². The van der Waals surface area contributed by atoms with E-state index >= 15 is 0 Å². The standard InChI is InChI=1S/C23H25N3O5S/c1-4-30-23(29)19-16-12-32-21(24-20(27)17-6-5-11-31-17)18(16)22(28)26(25-19)15-9-7-14(8-10-15)13(2)3/h7-10,12-13,17H,4-6,11H2,1-3H3,(H,24,27). The van der Waals surface area contributed by atoms with E-state index in [2.05, 4.69) is 24.3 Å². The Hall–Kier alpha value is -3.04. The van der Waals surface area contributed by atoms with Gasteiger partial charge < -0.3 is 14.8 Å². The molecule has 1 amide bonds. The Balaban J connectivity index is 1.84. The fraction of sp³-hybridized carbons (Fsp3) is 0.391. The molecule has 0 radical (unpaired) electrons. The van der Waals surface area contributed by atoms with Gasteiger partial charge in [0.2, 0.25) is 0 Å². The number of amides is 1. The van der Waals surface area contributed by atoms with Crippen molar-refractivity contribution in [1.29, 1.82) is 0 Å². The molecule has 3 heterocycles. The molecule has 0 bridgehead atoms. The highest BCUT2D eigenvalue weighted by molar-refractivity contribution is 7.16. The molecule has 0 aliphatic carbocycles. The van der Waals surface area contributed by atoms with Crippen LogP contribution in [-0.4, -0.2) is 41.0 Å². The van der Waals surface area contributed by atoms with E-state index in [0.29, 0.717) is 35.0 Å². The molecule has 8 nitrogen and oxygen atoms in total. The molecule has 1 aromatic carbocycles. The van der Waals surface area contributed by atoms with Crippen molar-refractivity contribution >= 4 is 39.0 Å². The fourth-order valence-electron chi connectivity index (χ4n) is 3.64. The molecular formula is C23H25N3O5S. The Morgan fingerprint density at radius 3 is 2.69 bits per heavy atom. The van der Waals surface area contributed by atoms with Crippen molar-refractivity contribution in [3.8, 4) is 5.69 Å². The zero-order valence-electron chi connectivity index (χ0n) is 18.2. The molecule has 1 aliphatic rings. The molecule has 1 aliphatic heterocycles. The number of carbonyl (C=O) groups excluding carboxylic acids is 2. The van der Waals surface area contributed by atoms with Gasteiger partial charge >= 0.3 is 5.97 Å².